The van der Waals surface area contributed by atoms with Gasteiger partial charge in [0.05, 0.1) is 56.0 Å². The van der Waals surface area contributed by atoms with E-state index in [9.17, 15) is 44.1 Å². The third kappa shape index (κ3) is 3.95. The van der Waals surface area contributed by atoms with E-state index in [0.717, 1.165) is 19.4 Å². The van der Waals surface area contributed by atoms with Gasteiger partial charge in [0.15, 0.2) is 11.2 Å². The summed E-state index contributed by atoms with van der Waals surface area (Å²) >= 11 is 5.96. The summed E-state index contributed by atoms with van der Waals surface area (Å²) in [7, 11) is 1.11. The summed E-state index contributed by atoms with van der Waals surface area (Å²) < 4.78 is 4.89. The molecule has 48 heavy (non-hydrogen) atoms. The van der Waals surface area contributed by atoms with Crippen molar-refractivity contribution in [1.82, 2.24) is 10.4 Å². The number of aromatic nitrogens is 1. The van der Waals surface area contributed by atoms with Gasteiger partial charge in [-0.05, 0) is 48.1 Å². The minimum absolute atomic E-state index is 0.104. The molecule has 15 heteroatoms. The Kier molecular flexibility index (Phi) is 6.56. The molecule has 0 saturated heterocycles. The van der Waals surface area contributed by atoms with Crippen LogP contribution >= 0.6 is 11.6 Å². The van der Waals surface area contributed by atoms with E-state index in [4.69, 9.17) is 22.1 Å². The number of aromatic hydroxyl groups is 1. The molecule has 1 amide bonds. The van der Waals surface area contributed by atoms with E-state index in [0.29, 0.717) is 11.3 Å². The van der Waals surface area contributed by atoms with Crippen LogP contribution in [0.5, 0.6) is 11.5 Å². The molecular formula is C33H21ClN4O10. The normalized spacial score (nSPS) is 16.7. The van der Waals surface area contributed by atoms with Crippen molar-refractivity contribution in [3.63, 3.8) is 0 Å². The number of amides is 1. The number of phenolic OH excluding ortho intramolecular Hbond substituents is 1. The Morgan fingerprint density at radius 1 is 0.979 bits per heavy atom. The molecule has 7 N–H and O–H groups in total. The number of carbonyl (C=O) groups is 1. The van der Waals surface area contributed by atoms with Crippen LogP contribution in [-0.4, -0.2) is 39.5 Å². The number of nitrogens with two attached hydrogens (primary N) is 1. The molecule has 2 aromatic carbocycles. The largest absolute Gasteiger partial charge is 0.510 e. The number of hydrogen-bond acceptors (Lipinski definition) is 12. The zero-order valence-corrected chi connectivity index (χ0v) is 25.3. The molecule has 4 aliphatic rings. The molecule has 4 aliphatic carbocycles. The smallest absolute Gasteiger partial charge is 0.271 e. The van der Waals surface area contributed by atoms with Crippen LogP contribution in [0.4, 0.5) is 5.69 Å². The molecule has 1 aromatic heterocycles. The number of benzene rings is 2. The number of carbonyl (C=O) groups excluding carboxylic acids is 1. The second kappa shape index (κ2) is 10.4. The van der Waals surface area contributed by atoms with Crippen molar-refractivity contribution >= 4 is 51.7 Å². The van der Waals surface area contributed by atoms with E-state index in [1.54, 1.807) is 0 Å². The quantitative estimate of drug-likeness (QED) is 0.0811. The fraction of sp³-hybridized carbons (Fsp3) is 0.121. The lowest BCUT2D eigenvalue weighted by Gasteiger charge is -2.27. The average molecular weight is 669 g/mol. The third-order valence-electron chi connectivity index (χ3n) is 8.91. The van der Waals surface area contributed by atoms with Gasteiger partial charge in [-0.2, -0.15) is 5.10 Å². The molecule has 240 valence electrons. The van der Waals surface area contributed by atoms with E-state index < -0.39 is 82.5 Å². The van der Waals surface area contributed by atoms with Crippen molar-refractivity contribution in [3.05, 3.63) is 136 Å². The summed E-state index contributed by atoms with van der Waals surface area (Å²) in [5.74, 6) is -3.32. The molecule has 14 nitrogen and oxygen atoms in total. The number of aliphatic hydroxyl groups is 2. The molecule has 0 aliphatic heterocycles. The van der Waals surface area contributed by atoms with Gasteiger partial charge >= 0.3 is 0 Å². The van der Waals surface area contributed by atoms with Crippen LogP contribution in [0, 0.1) is 10.4 Å². The number of nitrogens with zero attached hydrogens (tertiary/aromatic N) is 1. The fourth-order valence-electron chi connectivity index (χ4n) is 6.73. The highest BCUT2D eigenvalue weighted by molar-refractivity contribution is 6.33. The topological polar surface area (TPSA) is 239 Å². The molecule has 0 fully saturated rings. The Morgan fingerprint density at radius 2 is 1.67 bits per heavy atom. The van der Waals surface area contributed by atoms with Gasteiger partial charge in [0, 0.05) is 17.2 Å². The number of fused-ring (bicyclic) bond motifs is 4. The standard InChI is InChI=1S/C33H21ClN4O10/c1-48-18-9-17(39)20-21(25(18)40)27(42)23-22(26(20)41)29(44)33(30(23)45)5-4-11-6-13-7-14(37-32(47)19(13)28(43)24(11)33)10-36-38-31(46)12-2-3-16(35)15(34)8-12/h2-3,6-10,43-45H,4-5,35H2,1H3,(H,37,47)(H,38,46)/t33-/m0/s1. The molecule has 3 aromatic rings. The Morgan fingerprint density at radius 3 is 2.33 bits per heavy atom. The van der Waals surface area contributed by atoms with Gasteiger partial charge in [-0.3, -0.25) is 28.8 Å². The van der Waals surface area contributed by atoms with Gasteiger partial charge in [-0.15, -0.1) is 0 Å². The van der Waals surface area contributed by atoms with Crippen LogP contribution < -0.4 is 53.6 Å². The van der Waals surface area contributed by atoms with Gasteiger partial charge in [-0.1, -0.05) is 17.7 Å². The highest BCUT2D eigenvalue weighted by Gasteiger charge is 2.53. The number of methoxy groups -OCH3 is 1. The number of aryl methyl sites for hydroxylation is 1. The predicted octanol–water partition coefficient (Wildman–Crippen LogP) is -0.487. The van der Waals surface area contributed by atoms with Crippen molar-refractivity contribution in [3.8, 4) is 11.5 Å². The van der Waals surface area contributed by atoms with Crippen molar-refractivity contribution in [2.75, 3.05) is 12.8 Å². The van der Waals surface area contributed by atoms with Crippen LogP contribution in [-0.2, 0) is 11.8 Å². The van der Waals surface area contributed by atoms with E-state index >= 15 is 0 Å². The number of nitrogen functional groups attached to an aromatic ring is 1. The molecule has 1 spiro atoms. The predicted molar refractivity (Wildman–Crippen MR) is 174 cm³/mol. The third-order valence-corrected chi connectivity index (χ3v) is 9.23. The maximum absolute atomic E-state index is 13.6. The van der Waals surface area contributed by atoms with Crippen LogP contribution in [0.1, 0.15) is 33.6 Å². The number of ether oxygens (including phenoxy) is 1. The first-order valence-corrected chi connectivity index (χ1v) is 14.6. The van der Waals surface area contributed by atoms with Crippen molar-refractivity contribution in [2.45, 2.75) is 18.3 Å². The zero-order valence-electron chi connectivity index (χ0n) is 24.6. The van der Waals surface area contributed by atoms with Crippen molar-refractivity contribution < 1.29 is 24.9 Å². The zero-order chi connectivity index (χ0) is 34.4. The summed E-state index contributed by atoms with van der Waals surface area (Å²) in [6.07, 6.45) is 1.13. The maximum Gasteiger partial charge on any atom is 0.271 e. The van der Waals surface area contributed by atoms with E-state index in [1.807, 2.05) is 0 Å². The monoisotopic (exact) mass is 668 g/mol. The first-order valence-electron chi connectivity index (χ1n) is 14.2. The number of H-pyrrole nitrogens is 1. The number of hydrazone groups is 1. The van der Waals surface area contributed by atoms with Gasteiger partial charge in [0.1, 0.15) is 22.7 Å². The summed E-state index contributed by atoms with van der Waals surface area (Å²) in [6, 6.07) is 8.03. The summed E-state index contributed by atoms with van der Waals surface area (Å²) in [4.78, 5) is 81.2. The van der Waals surface area contributed by atoms with E-state index in [-0.39, 0.29) is 45.5 Å². The maximum atomic E-state index is 13.6. The molecule has 0 radical (unpaired) electrons. The minimum atomic E-state index is -2.02. The van der Waals surface area contributed by atoms with Gasteiger partial charge in [0.2, 0.25) is 16.3 Å². The van der Waals surface area contributed by atoms with Gasteiger partial charge < -0.3 is 30.8 Å². The Bertz CT molecular complexity index is 2840. The number of halogens is 1. The van der Waals surface area contributed by atoms with Crippen molar-refractivity contribution in [1.29, 1.82) is 0 Å². The van der Waals surface area contributed by atoms with E-state index in [1.165, 1.54) is 30.3 Å². The summed E-state index contributed by atoms with van der Waals surface area (Å²) in [6.45, 7) is 0. The molecule has 0 saturated carbocycles. The van der Waals surface area contributed by atoms with E-state index in [2.05, 4.69) is 15.5 Å². The lowest BCUT2D eigenvalue weighted by Crippen LogP contribution is -2.51. The number of nitrogens with one attached hydrogen (secondary N) is 2. The molecule has 7 rings (SSSR count). The van der Waals surface area contributed by atoms with Crippen LogP contribution in [0.3, 0.4) is 0 Å². The lowest BCUT2D eigenvalue weighted by molar-refractivity contribution is 0.0955. The Balaban J connectivity index is 1.37. The fourth-order valence-corrected chi connectivity index (χ4v) is 6.91. The highest BCUT2D eigenvalue weighted by atomic mass is 35.5. The average Bonchev–Trinajstić information content (AvgIpc) is 3.54. The number of pyridine rings is 1. The number of hydrogen-bond donors (Lipinski definition) is 6. The number of anilines is 1. The van der Waals surface area contributed by atoms with Crippen LogP contribution in [0.2, 0.25) is 5.02 Å². The first kappa shape index (κ1) is 30.4. The summed E-state index contributed by atoms with van der Waals surface area (Å²) in [5.41, 5.74) is 1.68. The molecule has 0 bridgehead atoms. The summed E-state index contributed by atoms with van der Waals surface area (Å²) in [5, 5.41) is 35.8. The number of phenols is 1. The molecule has 1 atom stereocenters. The molecule has 1 heterocycles. The Labute approximate surface area is 270 Å². The second-order valence-corrected chi connectivity index (χ2v) is 11.8. The van der Waals surface area contributed by atoms with Gasteiger partial charge in [-0.25, -0.2) is 5.43 Å². The minimum Gasteiger partial charge on any atom is -0.510 e. The first-order chi connectivity index (χ1) is 22.8. The molecular weight excluding hydrogens is 648 g/mol. The second-order valence-electron chi connectivity index (χ2n) is 11.4. The SMILES string of the molecule is COc1cc(=O)c2c(=O)c3c(c(=O)c=2c1=O)=C(O)[C@]1(CCc2cc4cc(C=NNC(=O)c5ccc(N)c(Cl)c5)[nH]c(=O)c4c(O)c21)C=3O. The molecule has 0 unspecified atom stereocenters. The number of aromatic amines is 1. The number of rotatable bonds is 4. The van der Waals surface area contributed by atoms with Crippen LogP contribution in [0.25, 0.3) is 22.3 Å². The van der Waals surface area contributed by atoms with Crippen LogP contribution in [0.15, 0.2) is 65.5 Å². The van der Waals surface area contributed by atoms with Gasteiger partial charge in [0.25, 0.3) is 11.5 Å². The Hall–Kier alpha value is -6.28. The highest BCUT2D eigenvalue weighted by Crippen LogP contribution is 2.54. The number of aliphatic hydroxyl groups excluding tert-OH is 2. The van der Waals surface area contributed by atoms with Crippen molar-refractivity contribution in [2.24, 2.45) is 5.10 Å². The lowest BCUT2D eigenvalue weighted by atomic mass is 9.78.